The minimum Gasteiger partial charge on any atom is -0.389 e. The molecular formula is C14H11Cl3OS. The molecule has 1 atom stereocenters. The molecule has 0 unspecified atom stereocenters. The molecule has 0 heterocycles. The van der Waals surface area contributed by atoms with Gasteiger partial charge in [-0.2, -0.15) is 0 Å². The van der Waals surface area contributed by atoms with Gasteiger partial charge in [-0.1, -0.05) is 46.6 Å². The third-order valence-electron chi connectivity index (χ3n) is 2.54. The van der Waals surface area contributed by atoms with Gasteiger partial charge in [0.25, 0.3) is 0 Å². The smallest absolute Gasteiger partial charge is 0.0773 e. The molecule has 100 valence electrons. The lowest BCUT2D eigenvalue weighted by Gasteiger charge is -2.13. The largest absolute Gasteiger partial charge is 0.389 e. The molecule has 2 aromatic carbocycles. The van der Waals surface area contributed by atoms with Crippen LogP contribution in [0.1, 0.15) is 18.6 Å². The number of benzene rings is 2. The van der Waals surface area contributed by atoms with Crippen molar-refractivity contribution in [3.8, 4) is 0 Å². The van der Waals surface area contributed by atoms with Crippen LogP contribution in [-0.4, -0.2) is 5.11 Å². The van der Waals surface area contributed by atoms with Crippen LogP contribution in [0.15, 0.2) is 46.2 Å². The predicted octanol–water partition coefficient (Wildman–Crippen LogP) is 5.85. The second kappa shape index (κ2) is 6.38. The van der Waals surface area contributed by atoms with Crippen molar-refractivity contribution in [3.05, 3.63) is 57.0 Å². The molecule has 1 N–H and O–H groups in total. The Balaban J connectivity index is 2.40. The molecule has 0 aliphatic rings. The van der Waals surface area contributed by atoms with E-state index in [-0.39, 0.29) is 0 Å². The van der Waals surface area contributed by atoms with Crippen LogP contribution in [0.2, 0.25) is 15.1 Å². The van der Waals surface area contributed by atoms with E-state index >= 15 is 0 Å². The zero-order valence-corrected chi connectivity index (χ0v) is 13.1. The normalized spacial score (nSPS) is 12.5. The van der Waals surface area contributed by atoms with Gasteiger partial charge in [-0.25, -0.2) is 0 Å². The highest BCUT2D eigenvalue weighted by Gasteiger charge is 2.12. The van der Waals surface area contributed by atoms with Crippen LogP contribution in [-0.2, 0) is 0 Å². The number of hydrogen-bond acceptors (Lipinski definition) is 2. The van der Waals surface area contributed by atoms with Gasteiger partial charge in [-0.15, -0.1) is 0 Å². The molecule has 0 saturated carbocycles. The number of aliphatic hydroxyl groups is 1. The molecule has 0 aliphatic carbocycles. The third-order valence-corrected chi connectivity index (χ3v) is 4.60. The molecule has 0 radical (unpaired) electrons. The molecule has 0 spiro atoms. The first-order valence-corrected chi connectivity index (χ1v) is 7.53. The van der Waals surface area contributed by atoms with Crippen molar-refractivity contribution in [2.45, 2.75) is 22.8 Å². The lowest BCUT2D eigenvalue weighted by atomic mass is 10.1. The number of rotatable bonds is 3. The van der Waals surface area contributed by atoms with Crippen LogP contribution < -0.4 is 0 Å². The Bertz CT molecular complexity index is 599. The molecule has 0 saturated heterocycles. The SMILES string of the molecule is C[C@H](O)c1cc(Cl)ccc1Sc1cc(Cl)ccc1Cl. The summed E-state index contributed by atoms with van der Waals surface area (Å²) in [4.78, 5) is 1.75. The zero-order chi connectivity index (χ0) is 14.0. The average Bonchev–Trinajstić information content (AvgIpc) is 2.35. The van der Waals surface area contributed by atoms with Gasteiger partial charge < -0.3 is 5.11 Å². The highest BCUT2D eigenvalue weighted by Crippen LogP contribution is 2.39. The molecule has 2 rings (SSSR count). The Morgan fingerprint density at radius 3 is 2.26 bits per heavy atom. The maximum Gasteiger partial charge on any atom is 0.0773 e. The van der Waals surface area contributed by atoms with Crippen molar-refractivity contribution >= 4 is 46.6 Å². The van der Waals surface area contributed by atoms with Crippen molar-refractivity contribution in [1.29, 1.82) is 0 Å². The summed E-state index contributed by atoms with van der Waals surface area (Å²) in [6.07, 6.45) is -0.598. The summed E-state index contributed by atoms with van der Waals surface area (Å²) in [7, 11) is 0. The number of aliphatic hydroxyl groups excluding tert-OH is 1. The number of halogens is 3. The monoisotopic (exact) mass is 332 g/mol. The Labute approximate surface area is 131 Å². The maximum absolute atomic E-state index is 9.80. The summed E-state index contributed by atoms with van der Waals surface area (Å²) >= 11 is 19.5. The van der Waals surface area contributed by atoms with Crippen molar-refractivity contribution in [1.82, 2.24) is 0 Å². The Morgan fingerprint density at radius 2 is 1.58 bits per heavy atom. The van der Waals surface area contributed by atoms with Crippen LogP contribution >= 0.6 is 46.6 Å². The van der Waals surface area contributed by atoms with E-state index < -0.39 is 6.10 Å². The summed E-state index contributed by atoms with van der Waals surface area (Å²) in [6.45, 7) is 1.70. The van der Waals surface area contributed by atoms with Gasteiger partial charge in [0, 0.05) is 19.8 Å². The van der Waals surface area contributed by atoms with E-state index in [1.165, 1.54) is 11.8 Å². The van der Waals surface area contributed by atoms with Crippen molar-refractivity contribution in [2.75, 3.05) is 0 Å². The highest BCUT2D eigenvalue weighted by molar-refractivity contribution is 7.99. The topological polar surface area (TPSA) is 20.2 Å². The first kappa shape index (κ1) is 15.0. The van der Waals surface area contributed by atoms with Gasteiger partial charge in [0.05, 0.1) is 11.1 Å². The van der Waals surface area contributed by atoms with Crippen molar-refractivity contribution < 1.29 is 5.11 Å². The lowest BCUT2D eigenvalue weighted by Crippen LogP contribution is -1.94. The van der Waals surface area contributed by atoms with Gasteiger partial charge >= 0.3 is 0 Å². The molecule has 2 aromatic rings. The molecule has 0 aliphatic heterocycles. The second-order valence-corrected chi connectivity index (χ2v) is 6.40. The average molecular weight is 334 g/mol. The molecule has 1 nitrogen and oxygen atoms in total. The second-order valence-electron chi connectivity index (χ2n) is 4.03. The van der Waals surface area contributed by atoms with E-state index in [0.717, 1.165) is 15.4 Å². The molecule has 19 heavy (non-hydrogen) atoms. The van der Waals surface area contributed by atoms with Crippen molar-refractivity contribution in [3.63, 3.8) is 0 Å². The summed E-state index contributed by atoms with van der Waals surface area (Å²) in [5.74, 6) is 0. The van der Waals surface area contributed by atoms with Crippen LogP contribution in [0, 0.1) is 0 Å². The fraction of sp³-hybridized carbons (Fsp3) is 0.143. The van der Waals surface area contributed by atoms with E-state index in [1.54, 1.807) is 37.3 Å². The van der Waals surface area contributed by atoms with E-state index in [0.29, 0.717) is 15.1 Å². The molecule has 0 fully saturated rings. The number of hydrogen-bond donors (Lipinski definition) is 1. The van der Waals surface area contributed by atoms with E-state index in [9.17, 15) is 5.11 Å². The van der Waals surface area contributed by atoms with Crippen LogP contribution in [0.25, 0.3) is 0 Å². The van der Waals surface area contributed by atoms with E-state index in [2.05, 4.69) is 0 Å². The van der Waals surface area contributed by atoms with Crippen molar-refractivity contribution in [2.24, 2.45) is 0 Å². The van der Waals surface area contributed by atoms with Gasteiger partial charge in [0.15, 0.2) is 0 Å². The third kappa shape index (κ3) is 3.80. The summed E-state index contributed by atoms with van der Waals surface area (Å²) in [5.41, 5.74) is 0.772. The van der Waals surface area contributed by atoms with Gasteiger partial charge in [-0.3, -0.25) is 0 Å². The molecule has 0 amide bonds. The van der Waals surface area contributed by atoms with Crippen LogP contribution in [0.3, 0.4) is 0 Å². The minimum atomic E-state index is -0.598. The minimum absolute atomic E-state index is 0.595. The Kier molecular flexibility index (Phi) is 5.04. The first-order chi connectivity index (χ1) is 8.97. The van der Waals surface area contributed by atoms with Gasteiger partial charge in [0.1, 0.15) is 0 Å². The van der Waals surface area contributed by atoms with Crippen LogP contribution in [0.4, 0.5) is 0 Å². The predicted molar refractivity (Wildman–Crippen MR) is 82.7 cm³/mol. The van der Waals surface area contributed by atoms with E-state index in [1.807, 2.05) is 6.07 Å². The summed E-state index contributed by atoms with van der Waals surface area (Å²) in [6, 6.07) is 10.7. The zero-order valence-electron chi connectivity index (χ0n) is 10.0. The fourth-order valence-electron chi connectivity index (χ4n) is 1.61. The fourth-order valence-corrected chi connectivity index (χ4v) is 3.34. The Hall–Kier alpha value is -0.380. The van der Waals surface area contributed by atoms with Gasteiger partial charge in [0.2, 0.25) is 0 Å². The quantitative estimate of drug-likeness (QED) is 0.760. The van der Waals surface area contributed by atoms with Gasteiger partial charge in [-0.05, 0) is 48.9 Å². The van der Waals surface area contributed by atoms with Crippen LogP contribution in [0.5, 0.6) is 0 Å². The molecular weight excluding hydrogens is 323 g/mol. The standard InChI is InChI=1S/C14H11Cl3OS/c1-8(18)11-6-9(15)3-5-13(11)19-14-7-10(16)2-4-12(14)17/h2-8,18H,1H3/t8-/m0/s1. The molecule has 0 aromatic heterocycles. The van der Waals surface area contributed by atoms with E-state index in [4.69, 9.17) is 34.8 Å². The first-order valence-electron chi connectivity index (χ1n) is 5.58. The molecule has 5 heteroatoms. The highest BCUT2D eigenvalue weighted by atomic mass is 35.5. The Morgan fingerprint density at radius 1 is 0.947 bits per heavy atom. The molecule has 0 bridgehead atoms. The maximum atomic E-state index is 9.80. The summed E-state index contributed by atoms with van der Waals surface area (Å²) in [5, 5.41) is 11.6. The summed E-state index contributed by atoms with van der Waals surface area (Å²) < 4.78 is 0. The lowest BCUT2D eigenvalue weighted by molar-refractivity contribution is 0.196.